The van der Waals surface area contributed by atoms with Gasteiger partial charge in [-0.2, -0.15) is 0 Å². The van der Waals surface area contributed by atoms with Crippen LogP contribution in [0.4, 0.5) is 10.6 Å². The number of amides is 3. The van der Waals surface area contributed by atoms with Crippen molar-refractivity contribution < 1.29 is 9.59 Å². The smallest absolute Gasteiger partial charge is 0.315 e. The van der Waals surface area contributed by atoms with Gasteiger partial charge < -0.3 is 21.3 Å². The molecule has 4 N–H and O–H groups in total. The number of aromatic nitrogens is 1. The molecule has 0 saturated heterocycles. The number of pyridine rings is 1. The molecule has 0 aromatic carbocycles. The minimum absolute atomic E-state index is 0.0177. The lowest BCUT2D eigenvalue weighted by Crippen LogP contribution is -2.42. The summed E-state index contributed by atoms with van der Waals surface area (Å²) in [6, 6.07) is 3.04. The van der Waals surface area contributed by atoms with Crippen molar-refractivity contribution >= 4 is 17.8 Å². The Balaban J connectivity index is 2.28. The Bertz CT molecular complexity index is 432. The van der Waals surface area contributed by atoms with Gasteiger partial charge in [-0.15, -0.1) is 0 Å². The lowest BCUT2D eigenvalue weighted by Gasteiger charge is -2.14. The second-order valence-corrected chi connectivity index (χ2v) is 4.04. The van der Waals surface area contributed by atoms with Crippen LogP contribution in [0.5, 0.6) is 0 Å². The molecular weight excluding hydrogens is 246 g/mol. The van der Waals surface area contributed by atoms with E-state index in [1.807, 2.05) is 6.92 Å². The molecule has 0 bridgehead atoms. The zero-order valence-electron chi connectivity index (χ0n) is 11.1. The first-order valence-corrected chi connectivity index (χ1v) is 5.99. The SMILES string of the molecule is CCN(C)C(=O)CNC(=O)NCc1ccc(N)nc1. The van der Waals surface area contributed by atoms with E-state index >= 15 is 0 Å². The molecule has 3 amide bonds. The molecule has 0 aliphatic carbocycles. The van der Waals surface area contributed by atoms with Crippen molar-refractivity contribution in [3.63, 3.8) is 0 Å². The number of hydrogen-bond acceptors (Lipinski definition) is 4. The van der Waals surface area contributed by atoms with Crippen LogP contribution < -0.4 is 16.4 Å². The molecule has 0 saturated carbocycles. The molecule has 1 aromatic heterocycles. The summed E-state index contributed by atoms with van der Waals surface area (Å²) in [5, 5.41) is 5.12. The summed E-state index contributed by atoms with van der Waals surface area (Å²) in [7, 11) is 1.68. The second kappa shape index (κ2) is 7.20. The molecule has 0 radical (unpaired) electrons. The van der Waals surface area contributed by atoms with Crippen LogP contribution in [0.25, 0.3) is 0 Å². The summed E-state index contributed by atoms with van der Waals surface area (Å²) in [5.74, 6) is 0.299. The molecule has 0 unspecified atom stereocenters. The van der Waals surface area contributed by atoms with Crippen molar-refractivity contribution in [2.45, 2.75) is 13.5 Å². The highest BCUT2D eigenvalue weighted by atomic mass is 16.2. The molecule has 0 aliphatic heterocycles. The van der Waals surface area contributed by atoms with Gasteiger partial charge >= 0.3 is 6.03 Å². The summed E-state index contributed by atoms with van der Waals surface area (Å²) in [5.41, 5.74) is 6.29. The lowest BCUT2D eigenvalue weighted by atomic mass is 10.3. The maximum absolute atomic E-state index is 11.5. The average molecular weight is 265 g/mol. The molecule has 0 spiro atoms. The van der Waals surface area contributed by atoms with Crippen molar-refractivity contribution in [3.05, 3.63) is 23.9 Å². The Kier molecular flexibility index (Phi) is 5.59. The zero-order valence-corrected chi connectivity index (χ0v) is 11.1. The second-order valence-electron chi connectivity index (χ2n) is 4.04. The highest BCUT2D eigenvalue weighted by Crippen LogP contribution is 2.00. The Morgan fingerprint density at radius 3 is 2.68 bits per heavy atom. The van der Waals surface area contributed by atoms with Crippen LogP contribution in [0, 0.1) is 0 Å². The van der Waals surface area contributed by atoms with Crippen molar-refractivity contribution in [1.29, 1.82) is 0 Å². The Morgan fingerprint density at radius 2 is 2.11 bits per heavy atom. The van der Waals surface area contributed by atoms with Gasteiger partial charge in [-0.3, -0.25) is 4.79 Å². The van der Waals surface area contributed by atoms with Crippen LogP contribution in [0.3, 0.4) is 0 Å². The number of urea groups is 1. The number of nitrogen functional groups attached to an aromatic ring is 1. The number of nitrogens with one attached hydrogen (secondary N) is 2. The van der Waals surface area contributed by atoms with Crippen LogP contribution in [0.2, 0.25) is 0 Å². The predicted molar refractivity (Wildman–Crippen MR) is 72.2 cm³/mol. The standard InChI is InChI=1S/C12H19N5O2/c1-3-17(2)11(18)8-16-12(19)15-7-9-4-5-10(13)14-6-9/h4-6H,3,7-8H2,1-2H3,(H2,13,14)(H2,15,16,19). The van der Waals surface area contributed by atoms with Gasteiger partial charge in [0.2, 0.25) is 5.91 Å². The van der Waals surface area contributed by atoms with Crippen molar-refractivity contribution in [2.75, 3.05) is 25.9 Å². The van der Waals surface area contributed by atoms with Crippen molar-refractivity contribution in [2.24, 2.45) is 0 Å². The molecule has 1 aromatic rings. The van der Waals surface area contributed by atoms with Crippen LogP contribution in [-0.4, -0.2) is 42.0 Å². The number of anilines is 1. The van der Waals surface area contributed by atoms with Gasteiger partial charge in [0, 0.05) is 26.3 Å². The fourth-order valence-corrected chi connectivity index (χ4v) is 1.25. The molecule has 0 aliphatic rings. The number of nitrogens with two attached hydrogens (primary N) is 1. The lowest BCUT2D eigenvalue weighted by molar-refractivity contribution is -0.128. The van der Waals surface area contributed by atoms with E-state index in [9.17, 15) is 9.59 Å². The third-order valence-electron chi connectivity index (χ3n) is 2.60. The zero-order chi connectivity index (χ0) is 14.3. The predicted octanol–water partition coefficient (Wildman–Crippen LogP) is -0.0587. The molecule has 1 rings (SSSR count). The van der Waals surface area contributed by atoms with E-state index in [1.54, 1.807) is 25.4 Å². The molecule has 0 atom stereocenters. The van der Waals surface area contributed by atoms with Crippen molar-refractivity contribution in [1.82, 2.24) is 20.5 Å². The monoisotopic (exact) mass is 265 g/mol. The fourth-order valence-electron chi connectivity index (χ4n) is 1.25. The van der Waals surface area contributed by atoms with Gasteiger partial charge in [0.25, 0.3) is 0 Å². The van der Waals surface area contributed by atoms with Crippen LogP contribution >= 0.6 is 0 Å². The summed E-state index contributed by atoms with van der Waals surface area (Å²) in [6.07, 6.45) is 1.59. The van der Waals surface area contributed by atoms with Gasteiger partial charge in [-0.1, -0.05) is 6.07 Å². The maximum atomic E-state index is 11.5. The number of hydrogen-bond donors (Lipinski definition) is 3. The van der Waals surface area contributed by atoms with E-state index in [0.29, 0.717) is 18.9 Å². The van der Waals surface area contributed by atoms with E-state index in [0.717, 1.165) is 5.56 Å². The van der Waals surface area contributed by atoms with E-state index in [-0.39, 0.29) is 12.5 Å². The Labute approximate surface area is 112 Å². The number of nitrogens with zero attached hydrogens (tertiary/aromatic N) is 2. The first-order valence-electron chi connectivity index (χ1n) is 5.99. The number of carbonyl (C=O) groups excluding carboxylic acids is 2. The molecule has 104 valence electrons. The number of likely N-dealkylation sites (N-methyl/N-ethyl adjacent to an activating group) is 1. The first-order chi connectivity index (χ1) is 9.02. The number of carbonyl (C=O) groups is 2. The van der Waals surface area contributed by atoms with Crippen molar-refractivity contribution in [3.8, 4) is 0 Å². The van der Waals surface area contributed by atoms with Gasteiger partial charge in [0.1, 0.15) is 5.82 Å². The van der Waals surface area contributed by atoms with Gasteiger partial charge in [0.15, 0.2) is 0 Å². The first kappa shape index (κ1) is 14.7. The average Bonchev–Trinajstić information content (AvgIpc) is 2.43. The molecule has 1 heterocycles. The molecule has 7 heteroatoms. The number of rotatable bonds is 5. The third kappa shape index (κ3) is 5.24. The fraction of sp³-hybridized carbons (Fsp3) is 0.417. The van der Waals surface area contributed by atoms with Gasteiger partial charge in [-0.25, -0.2) is 9.78 Å². The summed E-state index contributed by atoms with van der Waals surface area (Å²) >= 11 is 0. The maximum Gasteiger partial charge on any atom is 0.315 e. The largest absolute Gasteiger partial charge is 0.384 e. The van der Waals surface area contributed by atoms with Crippen LogP contribution in [0.15, 0.2) is 18.3 Å². The van der Waals surface area contributed by atoms with Crippen LogP contribution in [0.1, 0.15) is 12.5 Å². The quantitative estimate of drug-likeness (QED) is 0.694. The van der Waals surface area contributed by atoms with E-state index in [2.05, 4.69) is 15.6 Å². The minimum Gasteiger partial charge on any atom is -0.384 e. The summed E-state index contributed by atoms with van der Waals surface area (Å²) in [4.78, 5) is 28.4. The molecule has 0 fully saturated rings. The topological polar surface area (TPSA) is 100 Å². The molecule has 19 heavy (non-hydrogen) atoms. The summed E-state index contributed by atoms with van der Waals surface area (Å²) in [6.45, 7) is 2.79. The highest BCUT2D eigenvalue weighted by Gasteiger charge is 2.08. The van der Waals surface area contributed by atoms with E-state index < -0.39 is 6.03 Å². The normalized spacial score (nSPS) is 9.79. The molecular formula is C12H19N5O2. The van der Waals surface area contributed by atoms with Gasteiger partial charge in [0.05, 0.1) is 6.54 Å². The Morgan fingerprint density at radius 1 is 1.37 bits per heavy atom. The minimum atomic E-state index is -0.394. The van der Waals surface area contributed by atoms with Crippen LogP contribution in [-0.2, 0) is 11.3 Å². The van der Waals surface area contributed by atoms with E-state index in [4.69, 9.17) is 5.73 Å². The van der Waals surface area contributed by atoms with Gasteiger partial charge in [-0.05, 0) is 18.6 Å². The highest BCUT2D eigenvalue weighted by molar-refractivity contribution is 5.83. The Hall–Kier alpha value is -2.31. The van der Waals surface area contributed by atoms with E-state index in [1.165, 1.54) is 4.90 Å². The molecule has 7 nitrogen and oxygen atoms in total. The summed E-state index contributed by atoms with van der Waals surface area (Å²) < 4.78 is 0. The third-order valence-corrected chi connectivity index (χ3v) is 2.60.